The standard InChI is InChI=1S/C21H20N6O4/c1-3-31-17-9-7-15(8-10-17)23-20-24-19(14-5-4-6-16(12-14)27(29)30)26-18(28)11-13(2)22-21(26)25-20/h4-12,19H,3H2,1-2H3,(H2,22,23,24,25)/t19-/m0/s1. The molecule has 2 heterocycles. The van der Waals surface area contributed by atoms with Crippen LogP contribution in [0.5, 0.6) is 5.75 Å². The maximum absolute atomic E-state index is 12.7. The molecule has 1 aliphatic heterocycles. The van der Waals surface area contributed by atoms with E-state index >= 15 is 0 Å². The number of nitrogens with zero attached hydrogens (tertiary/aromatic N) is 4. The summed E-state index contributed by atoms with van der Waals surface area (Å²) in [6.07, 6.45) is -0.818. The minimum absolute atomic E-state index is 0.0816. The SMILES string of the molecule is CCOc1ccc(NC2=N[C@H](c3cccc([N+](=O)[O-])c3)n3c(nc(C)cc3=O)N2)cc1. The molecule has 4 rings (SSSR count). The monoisotopic (exact) mass is 420 g/mol. The molecule has 10 nitrogen and oxygen atoms in total. The molecule has 3 aromatic rings. The Balaban J connectivity index is 1.74. The fraction of sp³-hybridized carbons (Fsp3) is 0.190. The van der Waals surface area contributed by atoms with E-state index in [0.29, 0.717) is 29.8 Å². The highest BCUT2D eigenvalue weighted by atomic mass is 16.6. The third-order valence-corrected chi connectivity index (χ3v) is 4.61. The van der Waals surface area contributed by atoms with Crippen LogP contribution < -0.4 is 20.9 Å². The van der Waals surface area contributed by atoms with Crippen LogP contribution in [-0.4, -0.2) is 27.0 Å². The number of aryl methyl sites for hydroxylation is 1. The van der Waals surface area contributed by atoms with Crippen LogP contribution in [0.1, 0.15) is 24.3 Å². The summed E-state index contributed by atoms with van der Waals surface area (Å²) in [5.41, 5.74) is 1.40. The Morgan fingerprint density at radius 2 is 2.00 bits per heavy atom. The summed E-state index contributed by atoms with van der Waals surface area (Å²) in [6.45, 7) is 4.20. The molecule has 0 spiro atoms. The smallest absolute Gasteiger partial charge is 0.269 e. The van der Waals surface area contributed by atoms with Crippen LogP contribution in [0.25, 0.3) is 0 Å². The van der Waals surface area contributed by atoms with Gasteiger partial charge in [0.05, 0.1) is 11.5 Å². The molecule has 0 aliphatic carbocycles. The molecule has 0 unspecified atom stereocenters. The molecule has 0 bridgehead atoms. The first-order chi connectivity index (χ1) is 14.9. The molecule has 2 N–H and O–H groups in total. The number of rotatable bonds is 5. The van der Waals surface area contributed by atoms with Gasteiger partial charge in [0, 0.05) is 35.1 Å². The van der Waals surface area contributed by atoms with Crippen molar-refractivity contribution in [3.05, 3.63) is 86.3 Å². The van der Waals surface area contributed by atoms with Crippen molar-refractivity contribution in [1.82, 2.24) is 9.55 Å². The fourth-order valence-electron chi connectivity index (χ4n) is 3.27. The van der Waals surface area contributed by atoms with E-state index in [-0.39, 0.29) is 11.2 Å². The second kappa shape index (κ2) is 8.27. The maximum Gasteiger partial charge on any atom is 0.269 e. The van der Waals surface area contributed by atoms with E-state index < -0.39 is 11.1 Å². The molecule has 2 aromatic carbocycles. The number of hydrogen-bond acceptors (Lipinski definition) is 8. The topological polar surface area (TPSA) is 124 Å². The third-order valence-electron chi connectivity index (χ3n) is 4.61. The summed E-state index contributed by atoms with van der Waals surface area (Å²) in [5.74, 6) is 1.40. The highest BCUT2D eigenvalue weighted by Crippen LogP contribution is 2.28. The number of anilines is 2. The van der Waals surface area contributed by atoms with Crippen LogP contribution in [0.4, 0.5) is 17.3 Å². The van der Waals surface area contributed by atoms with Crippen LogP contribution in [0.3, 0.4) is 0 Å². The first-order valence-corrected chi connectivity index (χ1v) is 9.64. The van der Waals surface area contributed by atoms with Crippen LogP contribution >= 0.6 is 0 Å². The van der Waals surface area contributed by atoms with Gasteiger partial charge in [-0.2, -0.15) is 0 Å². The summed E-state index contributed by atoms with van der Waals surface area (Å²) in [4.78, 5) is 32.5. The van der Waals surface area contributed by atoms with Crippen molar-refractivity contribution >= 4 is 23.3 Å². The number of hydrogen-bond donors (Lipinski definition) is 2. The second-order valence-corrected chi connectivity index (χ2v) is 6.84. The van der Waals surface area contributed by atoms with Gasteiger partial charge in [0.15, 0.2) is 6.17 Å². The van der Waals surface area contributed by atoms with Gasteiger partial charge in [-0.1, -0.05) is 12.1 Å². The largest absolute Gasteiger partial charge is 0.494 e. The lowest BCUT2D eigenvalue weighted by atomic mass is 10.1. The van der Waals surface area contributed by atoms with Crippen molar-refractivity contribution in [2.45, 2.75) is 20.0 Å². The molecule has 0 amide bonds. The van der Waals surface area contributed by atoms with Gasteiger partial charge in [-0.15, -0.1) is 0 Å². The number of fused-ring (bicyclic) bond motifs is 1. The van der Waals surface area contributed by atoms with E-state index in [1.807, 2.05) is 31.2 Å². The number of aliphatic imine (C=N–C) groups is 1. The van der Waals surface area contributed by atoms with Crippen molar-refractivity contribution in [3.63, 3.8) is 0 Å². The van der Waals surface area contributed by atoms with Gasteiger partial charge in [-0.05, 0) is 38.1 Å². The van der Waals surface area contributed by atoms with Crippen molar-refractivity contribution in [2.24, 2.45) is 4.99 Å². The van der Waals surface area contributed by atoms with Crippen LogP contribution in [-0.2, 0) is 0 Å². The number of aromatic nitrogens is 2. The van der Waals surface area contributed by atoms with Crippen LogP contribution in [0, 0.1) is 17.0 Å². The minimum atomic E-state index is -0.818. The lowest BCUT2D eigenvalue weighted by molar-refractivity contribution is -0.384. The number of ether oxygens (including phenoxy) is 1. The van der Waals surface area contributed by atoms with Crippen LogP contribution in [0.15, 0.2) is 64.4 Å². The Kier molecular flexibility index (Phi) is 5.35. The maximum atomic E-state index is 12.7. The summed E-state index contributed by atoms with van der Waals surface area (Å²) >= 11 is 0. The second-order valence-electron chi connectivity index (χ2n) is 6.84. The third kappa shape index (κ3) is 4.22. The molecule has 0 radical (unpaired) electrons. The molecule has 31 heavy (non-hydrogen) atoms. The molecular formula is C21H20N6O4. The fourth-order valence-corrected chi connectivity index (χ4v) is 3.27. The highest BCUT2D eigenvalue weighted by Gasteiger charge is 2.26. The molecular weight excluding hydrogens is 400 g/mol. The van der Waals surface area contributed by atoms with Gasteiger partial charge in [-0.25, -0.2) is 9.98 Å². The van der Waals surface area contributed by atoms with Crippen molar-refractivity contribution in [3.8, 4) is 5.75 Å². The summed E-state index contributed by atoms with van der Waals surface area (Å²) in [6, 6.07) is 14.8. The number of nitro groups is 1. The Bertz CT molecular complexity index is 1220. The minimum Gasteiger partial charge on any atom is -0.494 e. The Morgan fingerprint density at radius 3 is 2.71 bits per heavy atom. The lowest BCUT2D eigenvalue weighted by Crippen LogP contribution is -2.37. The van der Waals surface area contributed by atoms with Crippen molar-refractivity contribution in [2.75, 3.05) is 17.2 Å². The van der Waals surface area contributed by atoms with Gasteiger partial charge >= 0.3 is 0 Å². The molecule has 1 atom stereocenters. The highest BCUT2D eigenvalue weighted by molar-refractivity contribution is 6.03. The first-order valence-electron chi connectivity index (χ1n) is 9.64. The molecule has 158 valence electrons. The van der Waals surface area contributed by atoms with E-state index in [4.69, 9.17) is 4.74 Å². The summed E-state index contributed by atoms with van der Waals surface area (Å²) < 4.78 is 6.82. The predicted molar refractivity (Wildman–Crippen MR) is 117 cm³/mol. The molecule has 0 fully saturated rings. The quantitative estimate of drug-likeness (QED) is 0.479. The average molecular weight is 420 g/mol. The lowest BCUT2D eigenvalue weighted by Gasteiger charge is -2.27. The van der Waals surface area contributed by atoms with E-state index in [9.17, 15) is 14.9 Å². The van der Waals surface area contributed by atoms with Gasteiger partial charge < -0.3 is 10.1 Å². The normalized spacial score (nSPS) is 14.8. The van der Waals surface area contributed by atoms with Gasteiger partial charge in [0.2, 0.25) is 11.9 Å². The molecule has 1 aliphatic rings. The number of nitro benzene ring substituents is 1. The Hall–Kier alpha value is -4.21. The van der Waals surface area contributed by atoms with E-state index in [0.717, 1.165) is 11.4 Å². The Labute approximate surface area is 177 Å². The van der Waals surface area contributed by atoms with Crippen molar-refractivity contribution in [1.29, 1.82) is 0 Å². The zero-order valence-corrected chi connectivity index (χ0v) is 16.9. The number of non-ortho nitro benzene ring substituents is 1. The Morgan fingerprint density at radius 1 is 1.23 bits per heavy atom. The zero-order valence-electron chi connectivity index (χ0n) is 16.9. The number of benzene rings is 2. The first kappa shape index (κ1) is 20.1. The summed E-state index contributed by atoms with van der Waals surface area (Å²) in [5, 5.41) is 17.4. The van der Waals surface area contributed by atoms with E-state index in [1.54, 1.807) is 19.1 Å². The molecule has 10 heteroatoms. The van der Waals surface area contributed by atoms with Gasteiger partial charge in [-0.3, -0.25) is 24.8 Å². The predicted octanol–water partition coefficient (Wildman–Crippen LogP) is 3.30. The van der Waals surface area contributed by atoms with E-state index in [2.05, 4.69) is 20.6 Å². The number of guanidine groups is 1. The van der Waals surface area contributed by atoms with Gasteiger partial charge in [0.1, 0.15) is 5.75 Å². The molecule has 0 saturated carbocycles. The van der Waals surface area contributed by atoms with Crippen LogP contribution in [0.2, 0.25) is 0 Å². The van der Waals surface area contributed by atoms with Gasteiger partial charge in [0.25, 0.3) is 11.2 Å². The molecule has 0 saturated heterocycles. The van der Waals surface area contributed by atoms with Crippen molar-refractivity contribution < 1.29 is 9.66 Å². The number of nitrogens with one attached hydrogen (secondary N) is 2. The van der Waals surface area contributed by atoms with E-state index in [1.165, 1.54) is 22.8 Å². The zero-order chi connectivity index (χ0) is 22.0. The summed E-state index contributed by atoms with van der Waals surface area (Å²) in [7, 11) is 0. The molecule has 1 aromatic heterocycles. The average Bonchev–Trinajstić information content (AvgIpc) is 2.74.